The van der Waals surface area contributed by atoms with Gasteiger partial charge < -0.3 is 15.4 Å². The molecule has 2 rings (SSSR count). The standard InChI is InChI=1S/C12H22N2O2/c1-11(2,3)16-10(15)14-8-7-12(13)6-4-5-9(12)14/h9H,4-8,13H2,1-3H3/t9-,12-/m1/s1. The average molecular weight is 226 g/mol. The molecule has 2 fully saturated rings. The molecule has 1 saturated carbocycles. The second-order valence-corrected chi connectivity index (χ2v) is 6.06. The normalized spacial score (nSPS) is 34.0. The highest BCUT2D eigenvalue weighted by Crippen LogP contribution is 2.40. The Kier molecular flexibility index (Phi) is 2.65. The van der Waals surface area contributed by atoms with Crippen LogP contribution in [-0.2, 0) is 4.74 Å². The van der Waals surface area contributed by atoms with Crippen LogP contribution in [0.1, 0.15) is 46.5 Å². The number of ether oxygens (including phenoxy) is 1. The molecule has 0 spiro atoms. The molecule has 0 aromatic rings. The molecule has 1 amide bonds. The van der Waals surface area contributed by atoms with Gasteiger partial charge in [-0.05, 0) is 46.5 Å². The number of carbonyl (C=O) groups is 1. The lowest BCUT2D eigenvalue weighted by atomic mass is 9.95. The third-order valence-corrected chi connectivity index (χ3v) is 3.61. The smallest absolute Gasteiger partial charge is 0.410 e. The lowest BCUT2D eigenvalue weighted by Crippen LogP contribution is -2.49. The summed E-state index contributed by atoms with van der Waals surface area (Å²) in [5.74, 6) is 0. The van der Waals surface area contributed by atoms with E-state index in [1.807, 2.05) is 25.7 Å². The molecule has 4 nitrogen and oxygen atoms in total. The van der Waals surface area contributed by atoms with E-state index < -0.39 is 5.60 Å². The van der Waals surface area contributed by atoms with Gasteiger partial charge in [-0.25, -0.2) is 4.79 Å². The van der Waals surface area contributed by atoms with Gasteiger partial charge in [0.25, 0.3) is 0 Å². The predicted molar refractivity (Wildman–Crippen MR) is 62.1 cm³/mol. The van der Waals surface area contributed by atoms with Crippen molar-refractivity contribution >= 4 is 6.09 Å². The Labute approximate surface area is 97.1 Å². The van der Waals surface area contributed by atoms with Gasteiger partial charge in [0.1, 0.15) is 5.60 Å². The van der Waals surface area contributed by atoms with E-state index in [0.717, 1.165) is 32.2 Å². The van der Waals surface area contributed by atoms with Crippen LogP contribution in [0.2, 0.25) is 0 Å². The van der Waals surface area contributed by atoms with Crippen LogP contribution >= 0.6 is 0 Å². The van der Waals surface area contributed by atoms with Crippen LogP contribution in [0.15, 0.2) is 0 Å². The molecule has 1 aliphatic carbocycles. The molecular formula is C12H22N2O2. The summed E-state index contributed by atoms with van der Waals surface area (Å²) >= 11 is 0. The van der Waals surface area contributed by atoms with E-state index in [4.69, 9.17) is 10.5 Å². The first-order valence-corrected chi connectivity index (χ1v) is 6.10. The first-order valence-electron chi connectivity index (χ1n) is 6.10. The van der Waals surface area contributed by atoms with Crippen LogP contribution in [-0.4, -0.2) is 34.7 Å². The zero-order valence-electron chi connectivity index (χ0n) is 10.5. The molecule has 1 aliphatic heterocycles. The van der Waals surface area contributed by atoms with Crippen molar-refractivity contribution in [1.82, 2.24) is 4.90 Å². The molecule has 1 heterocycles. The van der Waals surface area contributed by atoms with Crippen LogP contribution in [0.4, 0.5) is 4.79 Å². The second-order valence-electron chi connectivity index (χ2n) is 6.06. The molecule has 16 heavy (non-hydrogen) atoms. The van der Waals surface area contributed by atoms with E-state index in [1.165, 1.54) is 0 Å². The zero-order chi connectivity index (χ0) is 12.0. The number of carbonyl (C=O) groups excluding carboxylic acids is 1. The van der Waals surface area contributed by atoms with E-state index in [9.17, 15) is 4.79 Å². The Balaban J connectivity index is 2.04. The molecule has 0 bridgehead atoms. The first kappa shape index (κ1) is 11.7. The van der Waals surface area contributed by atoms with Crippen LogP contribution in [0.3, 0.4) is 0 Å². The van der Waals surface area contributed by atoms with E-state index in [2.05, 4.69) is 0 Å². The molecule has 0 aromatic heterocycles. The van der Waals surface area contributed by atoms with Crippen molar-refractivity contribution < 1.29 is 9.53 Å². The average Bonchev–Trinajstić information content (AvgIpc) is 2.56. The molecule has 2 N–H and O–H groups in total. The largest absolute Gasteiger partial charge is 0.444 e. The molecule has 0 aromatic carbocycles. The Morgan fingerprint density at radius 3 is 2.75 bits per heavy atom. The summed E-state index contributed by atoms with van der Waals surface area (Å²) in [7, 11) is 0. The van der Waals surface area contributed by atoms with Crippen molar-refractivity contribution in [2.75, 3.05) is 6.54 Å². The second kappa shape index (κ2) is 3.62. The first-order chi connectivity index (χ1) is 7.32. The third-order valence-electron chi connectivity index (χ3n) is 3.61. The summed E-state index contributed by atoms with van der Waals surface area (Å²) in [6.45, 7) is 6.43. The molecule has 4 heteroatoms. The number of hydrogen-bond acceptors (Lipinski definition) is 3. The Hall–Kier alpha value is -0.770. The maximum Gasteiger partial charge on any atom is 0.410 e. The number of likely N-dealkylation sites (tertiary alicyclic amines) is 1. The van der Waals surface area contributed by atoms with Gasteiger partial charge in [-0.3, -0.25) is 0 Å². The predicted octanol–water partition coefficient (Wildman–Crippen LogP) is 1.88. The Bertz CT molecular complexity index is 298. The van der Waals surface area contributed by atoms with Crippen molar-refractivity contribution in [2.24, 2.45) is 5.73 Å². The highest BCUT2D eigenvalue weighted by Gasteiger charge is 2.50. The number of hydrogen-bond donors (Lipinski definition) is 1. The molecule has 0 unspecified atom stereocenters. The summed E-state index contributed by atoms with van der Waals surface area (Å²) in [6.07, 6.45) is 3.90. The Morgan fingerprint density at radius 1 is 1.44 bits per heavy atom. The fourth-order valence-corrected chi connectivity index (χ4v) is 2.86. The topological polar surface area (TPSA) is 55.6 Å². The van der Waals surface area contributed by atoms with Gasteiger partial charge in [0.05, 0.1) is 6.04 Å². The van der Waals surface area contributed by atoms with E-state index >= 15 is 0 Å². The van der Waals surface area contributed by atoms with Crippen LogP contribution in [0, 0.1) is 0 Å². The fourth-order valence-electron chi connectivity index (χ4n) is 2.86. The maximum atomic E-state index is 12.0. The molecule has 2 aliphatic rings. The molecule has 1 saturated heterocycles. The summed E-state index contributed by atoms with van der Waals surface area (Å²) in [5.41, 5.74) is 5.74. The number of rotatable bonds is 0. The van der Waals surface area contributed by atoms with Crippen molar-refractivity contribution in [3.8, 4) is 0 Å². The van der Waals surface area contributed by atoms with Crippen molar-refractivity contribution in [3.63, 3.8) is 0 Å². The van der Waals surface area contributed by atoms with Gasteiger partial charge in [0, 0.05) is 12.1 Å². The molecule has 2 atom stereocenters. The van der Waals surface area contributed by atoms with E-state index in [-0.39, 0.29) is 17.7 Å². The molecule has 0 radical (unpaired) electrons. The minimum atomic E-state index is -0.421. The van der Waals surface area contributed by atoms with Crippen LogP contribution in [0.25, 0.3) is 0 Å². The number of nitrogens with two attached hydrogens (primary N) is 1. The Morgan fingerprint density at radius 2 is 2.12 bits per heavy atom. The highest BCUT2D eigenvalue weighted by molar-refractivity contribution is 5.69. The van der Waals surface area contributed by atoms with Crippen molar-refractivity contribution in [2.45, 2.75) is 63.6 Å². The van der Waals surface area contributed by atoms with E-state index in [1.54, 1.807) is 0 Å². The van der Waals surface area contributed by atoms with Gasteiger partial charge in [-0.2, -0.15) is 0 Å². The van der Waals surface area contributed by atoms with Gasteiger partial charge in [0.15, 0.2) is 0 Å². The third kappa shape index (κ3) is 2.03. The van der Waals surface area contributed by atoms with Gasteiger partial charge in [0.2, 0.25) is 0 Å². The number of fused-ring (bicyclic) bond motifs is 1. The fraction of sp³-hybridized carbons (Fsp3) is 0.917. The van der Waals surface area contributed by atoms with Crippen LogP contribution < -0.4 is 5.73 Å². The highest BCUT2D eigenvalue weighted by atomic mass is 16.6. The van der Waals surface area contributed by atoms with Crippen molar-refractivity contribution in [3.05, 3.63) is 0 Å². The molecule has 92 valence electrons. The zero-order valence-corrected chi connectivity index (χ0v) is 10.5. The quantitative estimate of drug-likeness (QED) is 0.686. The van der Waals surface area contributed by atoms with Gasteiger partial charge in [-0.1, -0.05) is 0 Å². The van der Waals surface area contributed by atoms with Crippen LogP contribution in [0.5, 0.6) is 0 Å². The lowest BCUT2D eigenvalue weighted by Gasteiger charge is -2.30. The summed E-state index contributed by atoms with van der Waals surface area (Å²) in [6, 6.07) is 0.197. The van der Waals surface area contributed by atoms with Crippen molar-refractivity contribution in [1.29, 1.82) is 0 Å². The minimum Gasteiger partial charge on any atom is -0.444 e. The lowest BCUT2D eigenvalue weighted by molar-refractivity contribution is 0.0211. The monoisotopic (exact) mass is 226 g/mol. The minimum absolute atomic E-state index is 0.142. The van der Waals surface area contributed by atoms with Gasteiger partial charge >= 0.3 is 6.09 Å². The summed E-state index contributed by atoms with van der Waals surface area (Å²) < 4.78 is 5.41. The number of amides is 1. The summed E-state index contributed by atoms with van der Waals surface area (Å²) in [4.78, 5) is 13.8. The van der Waals surface area contributed by atoms with E-state index in [0.29, 0.717) is 0 Å². The summed E-state index contributed by atoms with van der Waals surface area (Å²) in [5, 5.41) is 0. The van der Waals surface area contributed by atoms with Gasteiger partial charge in [-0.15, -0.1) is 0 Å². The molecular weight excluding hydrogens is 204 g/mol. The SMILES string of the molecule is CC(C)(C)OC(=O)N1CC[C@]2(N)CCC[C@@H]12. The maximum absolute atomic E-state index is 12.0. The number of nitrogens with zero attached hydrogens (tertiary/aromatic N) is 1.